The van der Waals surface area contributed by atoms with Crippen LogP contribution in [0.25, 0.3) is 11.1 Å². The van der Waals surface area contributed by atoms with E-state index < -0.39 is 17.8 Å². The highest BCUT2D eigenvalue weighted by Crippen LogP contribution is 2.31. The molecule has 0 amide bonds. The number of pyridine rings is 1. The van der Waals surface area contributed by atoms with E-state index >= 15 is 0 Å². The van der Waals surface area contributed by atoms with Crippen molar-refractivity contribution in [3.63, 3.8) is 0 Å². The molecule has 2 atom stereocenters. The van der Waals surface area contributed by atoms with Gasteiger partial charge in [-0.25, -0.2) is 0 Å². The third kappa shape index (κ3) is 5.23. The number of hydrogen-bond acceptors (Lipinski definition) is 6. The number of nitrogens with one attached hydrogen (secondary N) is 1. The van der Waals surface area contributed by atoms with Gasteiger partial charge >= 0.3 is 5.97 Å². The highest BCUT2D eigenvalue weighted by molar-refractivity contribution is 5.71. The number of carboxylic acids is 1. The molecule has 29 heavy (non-hydrogen) atoms. The molecule has 2 aromatic heterocycles. The number of nitrogens with two attached hydrogens (primary N) is 1. The Morgan fingerprint density at radius 1 is 1.14 bits per heavy atom. The van der Waals surface area contributed by atoms with E-state index in [2.05, 4.69) is 25.6 Å². The zero-order valence-electron chi connectivity index (χ0n) is 16.6. The Balaban J connectivity index is 1.82. The van der Waals surface area contributed by atoms with Gasteiger partial charge in [0.05, 0.1) is 5.92 Å². The minimum absolute atomic E-state index is 0.234. The van der Waals surface area contributed by atoms with E-state index in [4.69, 9.17) is 5.73 Å². The van der Waals surface area contributed by atoms with Crippen molar-refractivity contribution in [1.29, 1.82) is 0 Å². The second kappa shape index (κ2) is 9.38. The standard InChI is InChI=1S/C21H26N6O2/c1-13(2)9-19(21(28)29)18(20-24-26-27-25-20)10-17-8-7-16(12-23-17)15-5-3-14(11-22)4-6-15/h3-8,12-13,18-19H,9-11,22H2,1-2H3,(H,28,29)(H,24,25,26,27)/t18-,19-/m0/s1. The van der Waals surface area contributed by atoms with Crippen molar-refractivity contribution in [2.75, 3.05) is 0 Å². The number of H-pyrrole nitrogens is 1. The molecular formula is C21H26N6O2. The van der Waals surface area contributed by atoms with Gasteiger partial charge in [-0.2, -0.15) is 5.21 Å². The Kier molecular flexibility index (Phi) is 6.66. The van der Waals surface area contributed by atoms with Crippen molar-refractivity contribution in [3.8, 4) is 11.1 Å². The van der Waals surface area contributed by atoms with Crippen LogP contribution in [-0.4, -0.2) is 36.7 Å². The molecule has 0 aliphatic carbocycles. The zero-order chi connectivity index (χ0) is 20.8. The number of aromatic amines is 1. The normalized spacial score (nSPS) is 13.4. The third-order valence-corrected chi connectivity index (χ3v) is 5.00. The van der Waals surface area contributed by atoms with Gasteiger partial charge in [0.15, 0.2) is 5.82 Å². The highest BCUT2D eigenvalue weighted by atomic mass is 16.4. The number of nitrogens with zero attached hydrogens (tertiary/aromatic N) is 4. The summed E-state index contributed by atoms with van der Waals surface area (Å²) in [4.78, 5) is 16.5. The van der Waals surface area contributed by atoms with Crippen LogP contribution in [-0.2, 0) is 17.8 Å². The first-order chi connectivity index (χ1) is 14.0. The van der Waals surface area contributed by atoms with Crippen LogP contribution in [0.4, 0.5) is 0 Å². The SMILES string of the molecule is CC(C)C[C@H](C(=O)O)[C@H](Cc1ccc(-c2ccc(CN)cc2)cn1)c1nn[nH]n1. The number of tetrazole rings is 1. The maximum atomic E-state index is 11.9. The maximum Gasteiger partial charge on any atom is 0.307 e. The summed E-state index contributed by atoms with van der Waals surface area (Å²) < 4.78 is 0. The number of aromatic nitrogens is 5. The van der Waals surface area contributed by atoms with Gasteiger partial charge in [0.25, 0.3) is 0 Å². The Bertz CT molecular complexity index is 907. The molecule has 0 saturated carbocycles. The summed E-state index contributed by atoms with van der Waals surface area (Å²) in [5.74, 6) is -1.24. The van der Waals surface area contributed by atoms with Crippen LogP contribution in [0.2, 0.25) is 0 Å². The molecule has 2 heterocycles. The van der Waals surface area contributed by atoms with Gasteiger partial charge in [0, 0.05) is 36.3 Å². The lowest BCUT2D eigenvalue weighted by Gasteiger charge is -2.22. The van der Waals surface area contributed by atoms with Gasteiger partial charge in [-0.3, -0.25) is 9.78 Å². The molecule has 0 aliphatic rings. The fraction of sp³-hybridized carbons (Fsp3) is 0.381. The second-order valence-corrected chi connectivity index (χ2v) is 7.59. The van der Waals surface area contributed by atoms with E-state index in [1.165, 1.54) is 0 Å². The van der Waals surface area contributed by atoms with Crippen LogP contribution in [0.15, 0.2) is 42.6 Å². The van der Waals surface area contributed by atoms with E-state index in [0.717, 1.165) is 22.4 Å². The molecule has 0 bridgehead atoms. The lowest BCUT2D eigenvalue weighted by atomic mass is 9.82. The molecule has 0 fully saturated rings. The molecule has 0 saturated heterocycles. The summed E-state index contributed by atoms with van der Waals surface area (Å²) in [7, 11) is 0. The van der Waals surface area contributed by atoms with Crippen molar-refractivity contribution in [2.45, 2.75) is 39.2 Å². The molecule has 3 aromatic rings. The molecule has 8 nitrogen and oxygen atoms in total. The first-order valence-corrected chi connectivity index (χ1v) is 9.68. The monoisotopic (exact) mass is 394 g/mol. The second-order valence-electron chi connectivity index (χ2n) is 7.59. The molecule has 0 spiro atoms. The third-order valence-electron chi connectivity index (χ3n) is 5.00. The quantitative estimate of drug-likeness (QED) is 0.508. The van der Waals surface area contributed by atoms with E-state index in [1.54, 1.807) is 6.20 Å². The molecule has 8 heteroatoms. The average Bonchev–Trinajstić information content (AvgIpc) is 3.25. The van der Waals surface area contributed by atoms with E-state index in [-0.39, 0.29) is 5.92 Å². The minimum atomic E-state index is -0.856. The molecule has 0 unspecified atom stereocenters. The van der Waals surface area contributed by atoms with Crippen LogP contribution in [0.1, 0.15) is 43.3 Å². The lowest BCUT2D eigenvalue weighted by Crippen LogP contribution is -2.26. The van der Waals surface area contributed by atoms with Crippen LogP contribution < -0.4 is 5.73 Å². The van der Waals surface area contributed by atoms with Crippen molar-refractivity contribution in [1.82, 2.24) is 25.6 Å². The van der Waals surface area contributed by atoms with Gasteiger partial charge in [-0.15, -0.1) is 10.2 Å². The summed E-state index contributed by atoms with van der Waals surface area (Å²) >= 11 is 0. The van der Waals surface area contributed by atoms with E-state index in [0.29, 0.717) is 25.2 Å². The van der Waals surface area contributed by atoms with E-state index in [1.807, 2.05) is 50.2 Å². The molecule has 3 rings (SSSR count). The predicted molar refractivity (Wildman–Crippen MR) is 109 cm³/mol. The first kappa shape index (κ1) is 20.6. The summed E-state index contributed by atoms with van der Waals surface area (Å²) in [6, 6.07) is 11.9. The van der Waals surface area contributed by atoms with Crippen LogP contribution in [0.3, 0.4) is 0 Å². The van der Waals surface area contributed by atoms with Gasteiger partial charge in [0.1, 0.15) is 0 Å². The van der Waals surface area contributed by atoms with Gasteiger partial charge in [-0.05, 0) is 29.5 Å². The largest absolute Gasteiger partial charge is 0.481 e. The Morgan fingerprint density at radius 3 is 2.38 bits per heavy atom. The maximum absolute atomic E-state index is 11.9. The number of rotatable bonds is 9. The lowest BCUT2D eigenvalue weighted by molar-refractivity contribution is -0.143. The number of carbonyl (C=O) groups is 1. The average molecular weight is 394 g/mol. The first-order valence-electron chi connectivity index (χ1n) is 9.68. The van der Waals surface area contributed by atoms with Gasteiger partial charge in [-0.1, -0.05) is 49.4 Å². The highest BCUT2D eigenvalue weighted by Gasteiger charge is 2.33. The topological polar surface area (TPSA) is 131 Å². The molecule has 4 N–H and O–H groups in total. The Hall–Kier alpha value is -3.13. The Morgan fingerprint density at radius 2 is 1.86 bits per heavy atom. The molecular weight excluding hydrogens is 368 g/mol. The van der Waals surface area contributed by atoms with Gasteiger partial charge in [0.2, 0.25) is 0 Å². The number of carboxylic acid groups (broad SMARTS) is 1. The number of hydrogen-bond donors (Lipinski definition) is 3. The van der Waals surface area contributed by atoms with Crippen molar-refractivity contribution in [2.24, 2.45) is 17.6 Å². The molecule has 0 aliphatic heterocycles. The summed E-state index contributed by atoms with van der Waals surface area (Å²) in [6.07, 6.45) is 2.76. The fourth-order valence-corrected chi connectivity index (χ4v) is 3.46. The molecule has 1 aromatic carbocycles. The zero-order valence-corrected chi connectivity index (χ0v) is 16.6. The Labute approximate surface area is 169 Å². The fourth-order valence-electron chi connectivity index (χ4n) is 3.46. The minimum Gasteiger partial charge on any atom is -0.481 e. The summed E-state index contributed by atoms with van der Waals surface area (Å²) in [5.41, 5.74) is 9.56. The summed E-state index contributed by atoms with van der Waals surface area (Å²) in [5, 5.41) is 23.9. The number of benzene rings is 1. The van der Waals surface area contributed by atoms with Crippen molar-refractivity contribution >= 4 is 5.97 Å². The van der Waals surface area contributed by atoms with Gasteiger partial charge < -0.3 is 10.8 Å². The molecule has 152 valence electrons. The van der Waals surface area contributed by atoms with Crippen LogP contribution in [0.5, 0.6) is 0 Å². The van der Waals surface area contributed by atoms with Crippen LogP contribution in [0, 0.1) is 11.8 Å². The summed E-state index contributed by atoms with van der Waals surface area (Å²) in [6.45, 7) is 4.52. The smallest absolute Gasteiger partial charge is 0.307 e. The van der Waals surface area contributed by atoms with Crippen molar-refractivity contribution < 1.29 is 9.90 Å². The molecule has 0 radical (unpaired) electrons. The predicted octanol–water partition coefficient (Wildman–Crippen LogP) is 2.79. The number of aliphatic carboxylic acids is 1. The van der Waals surface area contributed by atoms with E-state index in [9.17, 15) is 9.90 Å². The van der Waals surface area contributed by atoms with Crippen molar-refractivity contribution in [3.05, 3.63) is 59.7 Å². The van der Waals surface area contributed by atoms with Crippen LogP contribution >= 0.6 is 0 Å².